The van der Waals surface area contributed by atoms with E-state index < -0.39 is 0 Å². The van der Waals surface area contributed by atoms with E-state index in [1.54, 1.807) is 0 Å². The average Bonchev–Trinajstić information content (AvgIpc) is 2.27. The minimum atomic E-state index is 0.452. The molecule has 94 valence electrons. The Morgan fingerprint density at radius 1 is 1.12 bits per heavy atom. The summed E-state index contributed by atoms with van der Waals surface area (Å²) < 4.78 is 0. The van der Waals surface area contributed by atoms with Crippen LogP contribution in [0.2, 0.25) is 0 Å². The zero-order chi connectivity index (χ0) is 12.7. The highest BCUT2D eigenvalue weighted by atomic mass is 14.2. The first kappa shape index (κ1) is 14.0. The second-order valence-corrected chi connectivity index (χ2v) is 5.92. The second-order valence-electron chi connectivity index (χ2n) is 5.92. The molecular formula is C17H26. The Balaban J connectivity index is 2.60. The normalized spacial score (nSPS) is 12.8. The summed E-state index contributed by atoms with van der Waals surface area (Å²) in [6.07, 6.45) is 7.28. The summed E-state index contributed by atoms with van der Waals surface area (Å²) in [6, 6.07) is 10.8. The fourth-order valence-corrected chi connectivity index (χ4v) is 2.07. The minimum absolute atomic E-state index is 0.452. The third-order valence-electron chi connectivity index (χ3n) is 2.97. The number of allylic oxidation sites excluding steroid dienone is 2. The first-order valence-corrected chi connectivity index (χ1v) is 6.77. The van der Waals surface area contributed by atoms with E-state index in [4.69, 9.17) is 0 Å². The number of rotatable bonds is 5. The summed E-state index contributed by atoms with van der Waals surface area (Å²) in [7, 11) is 0. The van der Waals surface area contributed by atoms with Crippen LogP contribution in [0.1, 0.15) is 58.9 Å². The van der Waals surface area contributed by atoms with E-state index in [2.05, 4.69) is 64.1 Å². The fraction of sp³-hybridized carbons (Fsp3) is 0.529. The zero-order valence-corrected chi connectivity index (χ0v) is 11.8. The lowest BCUT2D eigenvalue weighted by molar-refractivity contribution is 0.368. The molecule has 0 aliphatic carbocycles. The predicted molar refractivity (Wildman–Crippen MR) is 78.0 cm³/mol. The predicted octanol–water partition coefficient (Wildman–Crippen LogP) is 5.70. The van der Waals surface area contributed by atoms with Gasteiger partial charge >= 0.3 is 0 Å². The highest BCUT2D eigenvalue weighted by Gasteiger charge is 2.10. The van der Waals surface area contributed by atoms with E-state index in [0.717, 1.165) is 6.42 Å². The van der Waals surface area contributed by atoms with Gasteiger partial charge in [-0.05, 0) is 42.2 Å². The van der Waals surface area contributed by atoms with Crippen LogP contribution in [0, 0.1) is 5.41 Å². The standard InChI is InChI=1S/C17H26/c1-5-10-15(13-9-14-17(2,3)4)16-11-7-6-8-12-16/h6-8,10-12H,5,9,13-14H2,1-4H3/b15-10+. The highest BCUT2D eigenvalue weighted by Crippen LogP contribution is 2.26. The Kier molecular flexibility index (Phi) is 5.47. The first-order chi connectivity index (χ1) is 8.03. The second kappa shape index (κ2) is 6.64. The molecule has 0 unspecified atom stereocenters. The third-order valence-corrected chi connectivity index (χ3v) is 2.97. The summed E-state index contributed by atoms with van der Waals surface area (Å²) >= 11 is 0. The monoisotopic (exact) mass is 230 g/mol. The van der Waals surface area contributed by atoms with Crippen LogP contribution in [-0.2, 0) is 0 Å². The van der Waals surface area contributed by atoms with E-state index in [9.17, 15) is 0 Å². The maximum atomic E-state index is 2.37. The molecule has 0 aromatic heterocycles. The maximum absolute atomic E-state index is 2.37. The topological polar surface area (TPSA) is 0 Å². The van der Waals surface area contributed by atoms with E-state index in [-0.39, 0.29) is 0 Å². The van der Waals surface area contributed by atoms with E-state index >= 15 is 0 Å². The van der Waals surface area contributed by atoms with Gasteiger partial charge in [-0.3, -0.25) is 0 Å². The van der Waals surface area contributed by atoms with Crippen LogP contribution in [0.15, 0.2) is 36.4 Å². The Morgan fingerprint density at radius 3 is 2.29 bits per heavy atom. The molecule has 1 aromatic carbocycles. The summed E-state index contributed by atoms with van der Waals surface area (Å²) in [6.45, 7) is 9.17. The van der Waals surface area contributed by atoms with E-state index in [0.29, 0.717) is 5.41 Å². The van der Waals surface area contributed by atoms with Crippen LogP contribution >= 0.6 is 0 Å². The summed E-state index contributed by atoms with van der Waals surface area (Å²) in [5.74, 6) is 0. The largest absolute Gasteiger partial charge is 0.0810 e. The molecule has 0 atom stereocenters. The Bertz CT molecular complexity index is 338. The van der Waals surface area contributed by atoms with E-state index in [1.165, 1.54) is 30.4 Å². The van der Waals surface area contributed by atoms with Gasteiger partial charge in [0, 0.05) is 0 Å². The van der Waals surface area contributed by atoms with Gasteiger partial charge in [0.25, 0.3) is 0 Å². The first-order valence-electron chi connectivity index (χ1n) is 6.77. The molecule has 0 fully saturated rings. The Hall–Kier alpha value is -1.04. The molecule has 0 heterocycles. The van der Waals surface area contributed by atoms with Crippen molar-refractivity contribution in [3.63, 3.8) is 0 Å². The van der Waals surface area contributed by atoms with Crippen LogP contribution < -0.4 is 0 Å². The van der Waals surface area contributed by atoms with Gasteiger partial charge in [-0.2, -0.15) is 0 Å². The zero-order valence-electron chi connectivity index (χ0n) is 11.8. The average molecular weight is 230 g/mol. The van der Waals surface area contributed by atoms with Crippen molar-refractivity contribution in [2.45, 2.75) is 53.4 Å². The van der Waals surface area contributed by atoms with Gasteiger partial charge in [0.15, 0.2) is 0 Å². The van der Waals surface area contributed by atoms with Crippen molar-refractivity contribution < 1.29 is 0 Å². The van der Waals surface area contributed by atoms with Crippen molar-refractivity contribution >= 4 is 5.57 Å². The van der Waals surface area contributed by atoms with Crippen LogP contribution in [0.4, 0.5) is 0 Å². The Morgan fingerprint density at radius 2 is 1.76 bits per heavy atom. The molecule has 0 N–H and O–H groups in total. The molecule has 0 bridgehead atoms. The van der Waals surface area contributed by atoms with Gasteiger partial charge in [0.1, 0.15) is 0 Å². The van der Waals surface area contributed by atoms with Crippen LogP contribution in [0.5, 0.6) is 0 Å². The molecule has 0 amide bonds. The van der Waals surface area contributed by atoms with Gasteiger partial charge < -0.3 is 0 Å². The van der Waals surface area contributed by atoms with Crippen LogP contribution in [0.3, 0.4) is 0 Å². The van der Waals surface area contributed by atoms with Crippen LogP contribution in [0.25, 0.3) is 5.57 Å². The van der Waals surface area contributed by atoms with Crippen molar-refractivity contribution in [3.8, 4) is 0 Å². The Labute approximate surface area is 107 Å². The third kappa shape index (κ3) is 5.72. The molecule has 0 radical (unpaired) electrons. The fourth-order valence-electron chi connectivity index (χ4n) is 2.07. The van der Waals surface area contributed by atoms with Gasteiger partial charge in [-0.1, -0.05) is 64.1 Å². The molecule has 17 heavy (non-hydrogen) atoms. The lowest BCUT2D eigenvalue weighted by Gasteiger charge is -2.18. The molecule has 1 aromatic rings. The molecule has 0 aliphatic rings. The highest BCUT2D eigenvalue weighted by molar-refractivity contribution is 5.65. The van der Waals surface area contributed by atoms with Gasteiger partial charge in [0.2, 0.25) is 0 Å². The summed E-state index contributed by atoms with van der Waals surface area (Å²) in [5.41, 5.74) is 3.36. The van der Waals surface area contributed by atoms with Gasteiger partial charge in [-0.15, -0.1) is 0 Å². The smallest absolute Gasteiger partial charge is 0.0228 e. The number of hydrogen-bond acceptors (Lipinski definition) is 0. The molecule has 0 aliphatic heterocycles. The van der Waals surface area contributed by atoms with Crippen molar-refractivity contribution in [2.24, 2.45) is 5.41 Å². The molecule has 1 rings (SSSR count). The number of benzene rings is 1. The van der Waals surface area contributed by atoms with Crippen molar-refractivity contribution in [2.75, 3.05) is 0 Å². The van der Waals surface area contributed by atoms with E-state index in [1.807, 2.05) is 0 Å². The quantitative estimate of drug-likeness (QED) is 0.609. The minimum Gasteiger partial charge on any atom is -0.0810 e. The molecular weight excluding hydrogens is 204 g/mol. The molecule has 0 saturated carbocycles. The van der Waals surface area contributed by atoms with Crippen molar-refractivity contribution in [1.29, 1.82) is 0 Å². The molecule has 0 spiro atoms. The van der Waals surface area contributed by atoms with Gasteiger partial charge in [0.05, 0.1) is 0 Å². The molecule has 0 nitrogen and oxygen atoms in total. The molecule has 0 heteroatoms. The SMILES string of the molecule is CC/C=C(\CCCC(C)(C)C)c1ccccc1. The van der Waals surface area contributed by atoms with Gasteiger partial charge in [-0.25, -0.2) is 0 Å². The summed E-state index contributed by atoms with van der Waals surface area (Å²) in [4.78, 5) is 0. The van der Waals surface area contributed by atoms with Crippen LogP contribution in [-0.4, -0.2) is 0 Å². The van der Waals surface area contributed by atoms with Crippen molar-refractivity contribution in [3.05, 3.63) is 42.0 Å². The van der Waals surface area contributed by atoms with Crippen molar-refractivity contribution in [1.82, 2.24) is 0 Å². The lowest BCUT2D eigenvalue weighted by atomic mass is 9.88. The molecule has 0 saturated heterocycles. The number of hydrogen-bond donors (Lipinski definition) is 0. The summed E-state index contributed by atoms with van der Waals surface area (Å²) in [5, 5.41) is 0. The maximum Gasteiger partial charge on any atom is -0.0228 e. The lowest BCUT2D eigenvalue weighted by Crippen LogP contribution is -2.04.